The van der Waals surface area contributed by atoms with E-state index >= 15 is 0 Å². The van der Waals surface area contributed by atoms with E-state index in [1.807, 2.05) is 4.90 Å². The third kappa shape index (κ3) is 5.08. The minimum Gasteiger partial charge on any atom is -0.366 e. The fourth-order valence-electron chi connectivity index (χ4n) is 3.97. The second kappa shape index (κ2) is 9.53. The highest BCUT2D eigenvalue weighted by molar-refractivity contribution is 5.92. The first-order chi connectivity index (χ1) is 15.0. The molecule has 0 saturated carbocycles. The highest BCUT2D eigenvalue weighted by atomic mass is 19.1. The van der Waals surface area contributed by atoms with E-state index in [9.17, 15) is 18.4 Å². The van der Waals surface area contributed by atoms with E-state index in [0.717, 1.165) is 5.56 Å². The number of nitrogens with zero attached hydrogens (tertiary/aromatic N) is 2. The summed E-state index contributed by atoms with van der Waals surface area (Å²) in [6.45, 7) is 2.49. The molecule has 2 unspecified atom stereocenters. The summed E-state index contributed by atoms with van der Waals surface area (Å²) in [5.41, 5.74) is 1.32. The average Bonchev–Trinajstić information content (AvgIpc) is 2.79. The zero-order valence-electron chi connectivity index (χ0n) is 17.1. The van der Waals surface area contributed by atoms with Crippen LogP contribution in [0.15, 0.2) is 48.5 Å². The Bertz CT molecular complexity index is 930. The predicted molar refractivity (Wildman–Crippen MR) is 112 cm³/mol. The third-order valence-electron chi connectivity index (χ3n) is 5.76. The van der Waals surface area contributed by atoms with Gasteiger partial charge in [0, 0.05) is 39.1 Å². The van der Waals surface area contributed by atoms with E-state index in [4.69, 9.17) is 4.74 Å². The van der Waals surface area contributed by atoms with E-state index < -0.39 is 12.1 Å². The molecule has 0 radical (unpaired) electrons. The molecule has 0 spiro atoms. The number of carbonyl (C=O) groups is 2. The quantitative estimate of drug-likeness (QED) is 0.789. The molecule has 6 nitrogen and oxygen atoms in total. The molecule has 2 saturated heterocycles. The molecule has 2 aliphatic heterocycles. The summed E-state index contributed by atoms with van der Waals surface area (Å²) in [6.07, 6.45) is -0.563. The second-order valence-electron chi connectivity index (χ2n) is 7.82. The number of piperidine rings is 1. The molecular weight excluding hydrogens is 404 g/mol. The molecule has 2 fully saturated rings. The fourth-order valence-corrected chi connectivity index (χ4v) is 3.97. The number of amides is 1. The molecule has 0 aliphatic carbocycles. The van der Waals surface area contributed by atoms with Gasteiger partial charge in [0.2, 0.25) is 5.91 Å². The second-order valence-corrected chi connectivity index (χ2v) is 7.82. The van der Waals surface area contributed by atoms with Gasteiger partial charge in [-0.3, -0.25) is 9.59 Å². The number of para-hydroxylation sites is 1. The number of anilines is 1. The number of nitrogens with one attached hydrogen (secondary N) is 1. The van der Waals surface area contributed by atoms with Crippen LogP contribution in [0.25, 0.3) is 0 Å². The van der Waals surface area contributed by atoms with E-state index in [0.29, 0.717) is 31.9 Å². The van der Waals surface area contributed by atoms with Crippen LogP contribution < -0.4 is 10.2 Å². The van der Waals surface area contributed by atoms with Crippen molar-refractivity contribution in [1.82, 2.24) is 10.2 Å². The number of hydrogen-bond acceptors (Lipinski definition) is 5. The summed E-state index contributed by atoms with van der Waals surface area (Å²) >= 11 is 0. The van der Waals surface area contributed by atoms with Crippen LogP contribution in [0.3, 0.4) is 0 Å². The molecular formula is C23H25F2N3O3. The standard InChI is InChI=1S/C23H25F2N3O3/c24-17-7-5-16(6-8-17)15-31-22-14-26-19(13-21(22)29)23(30)28-11-9-27(10-12-28)20-4-2-1-3-18(20)25/h1-8,19,22,26H,9-15H2. The number of benzene rings is 2. The number of hydrogen-bond donors (Lipinski definition) is 1. The Morgan fingerprint density at radius 3 is 2.42 bits per heavy atom. The van der Waals surface area contributed by atoms with Crippen molar-refractivity contribution in [3.05, 3.63) is 65.7 Å². The zero-order chi connectivity index (χ0) is 21.8. The maximum absolute atomic E-state index is 14.0. The number of ether oxygens (including phenoxy) is 1. The van der Waals surface area contributed by atoms with Crippen LogP contribution in [0.2, 0.25) is 0 Å². The van der Waals surface area contributed by atoms with Gasteiger partial charge in [0.1, 0.15) is 17.7 Å². The molecule has 31 heavy (non-hydrogen) atoms. The Morgan fingerprint density at radius 1 is 1.03 bits per heavy atom. The molecule has 2 aromatic rings. The zero-order valence-corrected chi connectivity index (χ0v) is 17.1. The summed E-state index contributed by atoms with van der Waals surface area (Å²) in [4.78, 5) is 29.0. The van der Waals surface area contributed by atoms with Crippen LogP contribution in [0.5, 0.6) is 0 Å². The van der Waals surface area contributed by atoms with Crippen LogP contribution >= 0.6 is 0 Å². The molecule has 0 bridgehead atoms. The summed E-state index contributed by atoms with van der Waals surface area (Å²) in [5.74, 6) is -0.827. The van der Waals surface area contributed by atoms with Gasteiger partial charge >= 0.3 is 0 Å². The molecule has 2 atom stereocenters. The fraction of sp³-hybridized carbons (Fsp3) is 0.391. The molecule has 2 aliphatic rings. The Balaban J connectivity index is 1.25. The number of halogens is 2. The van der Waals surface area contributed by atoms with Gasteiger partial charge < -0.3 is 19.9 Å². The largest absolute Gasteiger partial charge is 0.366 e. The Kier molecular flexibility index (Phi) is 6.58. The van der Waals surface area contributed by atoms with Crippen LogP contribution in [0, 0.1) is 11.6 Å². The van der Waals surface area contributed by atoms with Crippen molar-refractivity contribution < 1.29 is 23.1 Å². The normalized spacial score (nSPS) is 21.9. The monoisotopic (exact) mass is 429 g/mol. The molecule has 8 heteroatoms. The first kappa shape index (κ1) is 21.4. The third-order valence-corrected chi connectivity index (χ3v) is 5.76. The molecule has 4 rings (SSSR count). The van der Waals surface area contributed by atoms with Crippen LogP contribution in [-0.4, -0.2) is 61.5 Å². The van der Waals surface area contributed by atoms with Gasteiger partial charge in [-0.1, -0.05) is 24.3 Å². The van der Waals surface area contributed by atoms with Gasteiger partial charge in [-0.15, -0.1) is 0 Å². The Hall–Kier alpha value is -2.84. The first-order valence-electron chi connectivity index (χ1n) is 10.4. The molecule has 0 aromatic heterocycles. The van der Waals surface area contributed by atoms with Crippen molar-refractivity contribution in [1.29, 1.82) is 0 Å². The maximum atomic E-state index is 14.0. The summed E-state index contributed by atoms with van der Waals surface area (Å²) in [7, 11) is 0. The lowest BCUT2D eigenvalue weighted by Crippen LogP contribution is -2.58. The summed E-state index contributed by atoms with van der Waals surface area (Å²) in [5, 5.41) is 3.12. The van der Waals surface area contributed by atoms with E-state index in [1.165, 1.54) is 18.2 Å². The van der Waals surface area contributed by atoms with Crippen molar-refractivity contribution in [3.8, 4) is 0 Å². The van der Waals surface area contributed by atoms with Gasteiger partial charge in [-0.25, -0.2) is 8.78 Å². The van der Waals surface area contributed by atoms with Crippen molar-refractivity contribution in [2.75, 3.05) is 37.6 Å². The summed E-state index contributed by atoms with van der Waals surface area (Å²) in [6, 6.07) is 12.0. The Morgan fingerprint density at radius 2 is 1.74 bits per heavy atom. The number of ketones is 1. The Labute approximate surface area is 179 Å². The lowest BCUT2D eigenvalue weighted by atomic mass is 9.99. The number of rotatable bonds is 5. The molecule has 1 N–H and O–H groups in total. The van der Waals surface area contributed by atoms with Crippen molar-refractivity contribution in [3.63, 3.8) is 0 Å². The van der Waals surface area contributed by atoms with Crippen LogP contribution in [-0.2, 0) is 20.9 Å². The number of piperazine rings is 1. The van der Waals surface area contributed by atoms with E-state index in [1.54, 1.807) is 35.2 Å². The molecule has 2 heterocycles. The van der Waals surface area contributed by atoms with Gasteiger partial charge in [-0.05, 0) is 29.8 Å². The molecule has 1 amide bonds. The lowest BCUT2D eigenvalue weighted by molar-refractivity contribution is -0.142. The number of carbonyl (C=O) groups excluding carboxylic acids is 2. The first-order valence-corrected chi connectivity index (χ1v) is 10.4. The minimum atomic E-state index is -0.632. The molecule has 2 aromatic carbocycles. The van der Waals surface area contributed by atoms with E-state index in [2.05, 4.69) is 5.32 Å². The van der Waals surface area contributed by atoms with Crippen molar-refractivity contribution >= 4 is 17.4 Å². The van der Waals surface area contributed by atoms with Gasteiger partial charge in [0.15, 0.2) is 5.78 Å². The predicted octanol–water partition coefficient (Wildman–Crippen LogP) is 2.13. The van der Waals surface area contributed by atoms with Gasteiger partial charge in [-0.2, -0.15) is 0 Å². The average molecular weight is 429 g/mol. The minimum absolute atomic E-state index is 0.0699. The van der Waals surface area contributed by atoms with Crippen molar-refractivity contribution in [2.24, 2.45) is 0 Å². The van der Waals surface area contributed by atoms with Crippen LogP contribution in [0.1, 0.15) is 12.0 Å². The highest BCUT2D eigenvalue weighted by Gasteiger charge is 2.35. The van der Waals surface area contributed by atoms with Crippen LogP contribution in [0.4, 0.5) is 14.5 Å². The van der Waals surface area contributed by atoms with Gasteiger partial charge in [0.05, 0.1) is 18.3 Å². The number of Topliss-reactive ketones (excluding diaryl/α,β-unsaturated/α-hetero) is 1. The van der Waals surface area contributed by atoms with Gasteiger partial charge in [0.25, 0.3) is 0 Å². The smallest absolute Gasteiger partial charge is 0.240 e. The summed E-state index contributed by atoms with van der Waals surface area (Å²) < 4.78 is 32.6. The SMILES string of the molecule is O=C1CC(C(=O)N2CCN(c3ccccc3F)CC2)NCC1OCc1ccc(F)cc1. The lowest BCUT2D eigenvalue weighted by Gasteiger charge is -2.38. The topological polar surface area (TPSA) is 61.9 Å². The maximum Gasteiger partial charge on any atom is 0.240 e. The molecule has 164 valence electrons. The highest BCUT2D eigenvalue weighted by Crippen LogP contribution is 2.21. The van der Waals surface area contributed by atoms with E-state index in [-0.39, 0.29) is 42.9 Å². The van der Waals surface area contributed by atoms with Crippen molar-refractivity contribution in [2.45, 2.75) is 25.2 Å².